The Morgan fingerprint density at radius 3 is 1.01 bits per heavy atom. The van der Waals surface area contributed by atoms with Crippen molar-refractivity contribution < 1.29 is 26.5 Å². The number of rotatable bonds is 5. The van der Waals surface area contributed by atoms with Gasteiger partial charge in [0.25, 0.3) is 0 Å². The van der Waals surface area contributed by atoms with Crippen molar-refractivity contribution in [2.75, 3.05) is 13.2 Å². The number of hydrogen-bond acceptors (Lipinski definition) is 6. The molecule has 6 nitrogen and oxygen atoms in total. The third-order valence-electron chi connectivity index (χ3n) is 13.8. The normalized spacial score (nSPS) is 15.3. The highest BCUT2D eigenvalue weighted by Gasteiger charge is 2.38. The monoisotopic (exact) mass is 993 g/mol. The summed E-state index contributed by atoms with van der Waals surface area (Å²) in [6.45, 7) is 64.3. The SMILES string of the molecule is C=C1COP(Oc2c(C(C)(C)C)cc(C(C)(C)C)c(C)c2-c2c(C)c(C(C)(C)C)cc(C(C)(C)C)c2Op2oc3c(C(C)(C)C)cc(C(C)(C)C)cc3c3cc(C(C)(C)C)cc(C(C)(C)C)c3o2)OC1. The van der Waals surface area contributed by atoms with E-state index in [0.29, 0.717) is 13.2 Å². The summed E-state index contributed by atoms with van der Waals surface area (Å²) in [6, 6.07) is 14.2. The maximum atomic E-state index is 7.83. The number of benzene rings is 4. The fraction of sp³-hybridized carbons (Fsp3) is 0.581. The molecule has 0 radical (unpaired) electrons. The summed E-state index contributed by atoms with van der Waals surface area (Å²) in [5.74, 6) is 1.47. The van der Waals surface area contributed by atoms with Crippen LogP contribution >= 0.6 is 16.8 Å². The van der Waals surface area contributed by atoms with E-state index in [9.17, 15) is 0 Å². The summed E-state index contributed by atoms with van der Waals surface area (Å²) in [4.78, 5) is 0. The summed E-state index contributed by atoms with van der Waals surface area (Å²) < 4.78 is 42.7. The van der Waals surface area contributed by atoms with Crippen molar-refractivity contribution in [2.45, 2.75) is 223 Å². The summed E-state index contributed by atoms with van der Waals surface area (Å²) >= 11 is 0. The Kier molecular flexibility index (Phi) is 14.7. The second kappa shape index (κ2) is 18.4. The average Bonchev–Trinajstić information content (AvgIpc) is 3.31. The molecule has 0 unspecified atom stereocenters. The Labute approximate surface area is 426 Å². The van der Waals surface area contributed by atoms with Crippen molar-refractivity contribution in [3.63, 3.8) is 0 Å². The molecule has 1 aliphatic heterocycles. The van der Waals surface area contributed by atoms with Gasteiger partial charge in [0.15, 0.2) is 0 Å². The molecule has 4 aromatic carbocycles. The minimum atomic E-state index is -2.17. The Bertz CT molecular complexity index is 2770. The summed E-state index contributed by atoms with van der Waals surface area (Å²) in [5.41, 5.74) is 14.0. The van der Waals surface area contributed by atoms with Crippen molar-refractivity contribution in [1.82, 2.24) is 0 Å². The second-order valence-electron chi connectivity index (χ2n) is 28.5. The highest BCUT2D eigenvalue weighted by atomic mass is 31.2. The van der Waals surface area contributed by atoms with Crippen molar-refractivity contribution in [2.24, 2.45) is 0 Å². The van der Waals surface area contributed by atoms with E-state index in [1.807, 2.05) is 0 Å². The van der Waals surface area contributed by atoms with E-state index in [2.05, 4.69) is 223 Å². The molecule has 2 heterocycles. The molecule has 1 fully saturated rings. The molecule has 1 aliphatic rings. The van der Waals surface area contributed by atoms with Crippen LogP contribution in [0.15, 0.2) is 56.9 Å². The van der Waals surface area contributed by atoms with E-state index in [4.69, 9.17) is 26.5 Å². The highest BCUT2D eigenvalue weighted by Crippen LogP contribution is 2.58. The Hall–Kier alpha value is -3.53. The van der Waals surface area contributed by atoms with E-state index in [1.165, 1.54) is 22.3 Å². The molecule has 0 saturated carbocycles. The standard InChI is InChI=1S/C62H90O6P2/c1-36-34-63-69(64-35-36)67-53-47(61(22,23)24)32-43(57(10,11)12)37(2)49(53)50-38(3)44(58(13,14)15)33-48(62(25,26)27)54(50)68-70-65-51-41(28-39(55(4,5)6)30-45(51)59(16,17)18)42-29-40(56(7,8)9)31-46(52(42)66-70)60(19,20)21/h28-33H,1,34-35H2,2-27H3. The van der Waals surface area contributed by atoms with Crippen LogP contribution < -0.4 is 9.05 Å². The van der Waals surface area contributed by atoms with Crippen LogP contribution in [0.25, 0.3) is 33.1 Å². The van der Waals surface area contributed by atoms with Gasteiger partial charge >= 0.3 is 16.8 Å². The first-order valence-electron chi connectivity index (χ1n) is 25.5. The van der Waals surface area contributed by atoms with Gasteiger partial charge in [-0.1, -0.05) is 197 Å². The Morgan fingerprint density at radius 1 is 0.400 bits per heavy atom. The van der Waals surface area contributed by atoms with Crippen LogP contribution in [0.5, 0.6) is 11.5 Å². The molecule has 5 aromatic rings. The molecule has 70 heavy (non-hydrogen) atoms. The summed E-state index contributed by atoms with van der Waals surface area (Å²) in [6.07, 6.45) is 0. The largest absolute Gasteiger partial charge is 0.453 e. The van der Waals surface area contributed by atoms with Crippen LogP contribution in [0.2, 0.25) is 0 Å². The van der Waals surface area contributed by atoms with Gasteiger partial charge in [0.05, 0.1) is 13.2 Å². The van der Waals surface area contributed by atoms with Gasteiger partial charge in [-0.2, -0.15) is 0 Å². The minimum Gasteiger partial charge on any atom is -0.426 e. The van der Waals surface area contributed by atoms with Crippen molar-refractivity contribution >= 4 is 38.8 Å². The van der Waals surface area contributed by atoms with Gasteiger partial charge in [0.2, 0.25) is 0 Å². The van der Waals surface area contributed by atoms with Gasteiger partial charge in [-0.25, -0.2) is 0 Å². The Balaban J connectivity index is 1.93. The molecule has 6 rings (SSSR count). The van der Waals surface area contributed by atoms with E-state index >= 15 is 0 Å². The fourth-order valence-electron chi connectivity index (χ4n) is 9.59. The third kappa shape index (κ3) is 11.5. The fourth-order valence-corrected chi connectivity index (χ4v) is 11.8. The second-order valence-corrected chi connectivity index (χ2v) is 30.7. The molecule has 384 valence electrons. The van der Waals surface area contributed by atoms with Gasteiger partial charge < -0.3 is 17.4 Å². The molecular weight excluding hydrogens is 903 g/mol. The van der Waals surface area contributed by atoms with Crippen LogP contribution in [-0.4, -0.2) is 13.2 Å². The smallest absolute Gasteiger partial charge is 0.426 e. The van der Waals surface area contributed by atoms with Crippen LogP contribution in [0.1, 0.15) is 222 Å². The van der Waals surface area contributed by atoms with Gasteiger partial charge in [0, 0.05) is 44.2 Å². The third-order valence-corrected chi connectivity index (χ3v) is 15.8. The lowest BCUT2D eigenvalue weighted by Crippen LogP contribution is -2.22. The van der Waals surface area contributed by atoms with Crippen molar-refractivity contribution in [3.05, 3.63) is 104 Å². The zero-order chi connectivity index (χ0) is 53.0. The first kappa shape index (κ1) is 55.8. The maximum Gasteiger partial charge on any atom is 0.453 e. The molecule has 0 bridgehead atoms. The predicted octanol–water partition coefficient (Wildman–Crippen LogP) is 20.0. The van der Waals surface area contributed by atoms with Crippen molar-refractivity contribution in [3.8, 4) is 22.6 Å². The first-order chi connectivity index (χ1) is 31.5. The van der Waals surface area contributed by atoms with E-state index in [-0.39, 0.29) is 43.3 Å². The van der Waals surface area contributed by atoms with Crippen LogP contribution in [0.4, 0.5) is 0 Å². The average molecular weight is 993 g/mol. The zero-order valence-corrected chi connectivity index (χ0v) is 50.2. The maximum absolute atomic E-state index is 7.83. The molecule has 1 saturated heterocycles. The van der Waals surface area contributed by atoms with Crippen LogP contribution in [0.3, 0.4) is 0 Å². The molecule has 0 atom stereocenters. The van der Waals surface area contributed by atoms with Gasteiger partial charge in [-0.15, -0.1) is 0 Å². The number of fused-ring (bicyclic) bond motifs is 3. The lowest BCUT2D eigenvalue weighted by molar-refractivity contribution is 0.189. The minimum absolute atomic E-state index is 0.130. The molecule has 1 aromatic heterocycles. The summed E-state index contributed by atoms with van der Waals surface area (Å²) in [7, 11) is -3.92. The van der Waals surface area contributed by atoms with Crippen LogP contribution in [-0.2, 0) is 52.4 Å². The molecular formula is C62H90O6P2. The van der Waals surface area contributed by atoms with Gasteiger partial charge in [-0.05, 0) is 108 Å². The molecule has 0 N–H and O–H groups in total. The topological polar surface area (TPSA) is 63.2 Å². The summed E-state index contributed by atoms with van der Waals surface area (Å²) in [5, 5.41) is 2.06. The number of hydrogen-bond donors (Lipinski definition) is 0. The molecule has 0 spiro atoms. The first-order valence-corrected chi connectivity index (χ1v) is 27.7. The quantitative estimate of drug-likeness (QED) is 0.129. The van der Waals surface area contributed by atoms with E-state index < -0.39 is 16.8 Å². The van der Waals surface area contributed by atoms with Crippen LogP contribution in [0, 0.1) is 13.8 Å². The highest BCUT2D eigenvalue weighted by molar-refractivity contribution is 7.42. The molecule has 0 amide bonds. The Morgan fingerprint density at radius 2 is 0.714 bits per heavy atom. The van der Waals surface area contributed by atoms with E-state index in [0.717, 1.165) is 83.5 Å². The van der Waals surface area contributed by atoms with Crippen molar-refractivity contribution in [1.29, 1.82) is 0 Å². The van der Waals surface area contributed by atoms with E-state index in [1.54, 1.807) is 0 Å². The molecule has 8 heteroatoms. The van der Waals surface area contributed by atoms with Gasteiger partial charge in [-0.3, -0.25) is 9.05 Å². The lowest BCUT2D eigenvalue weighted by Gasteiger charge is -2.35. The van der Waals surface area contributed by atoms with Gasteiger partial charge in [0.1, 0.15) is 22.7 Å². The lowest BCUT2D eigenvalue weighted by atomic mass is 9.72. The predicted molar refractivity (Wildman–Crippen MR) is 302 cm³/mol. The zero-order valence-electron chi connectivity index (χ0n) is 48.4. The molecule has 0 aliphatic carbocycles.